The summed E-state index contributed by atoms with van der Waals surface area (Å²) in [6, 6.07) is 16.4. The molecular weight excluding hydrogens is 352 g/mol. The van der Waals surface area contributed by atoms with Crippen LogP contribution in [0.3, 0.4) is 0 Å². The van der Waals surface area contributed by atoms with Gasteiger partial charge in [0.15, 0.2) is 5.82 Å². The van der Waals surface area contributed by atoms with Crippen LogP contribution in [-0.4, -0.2) is 26.3 Å². The lowest BCUT2D eigenvalue weighted by Crippen LogP contribution is -2.34. The molecule has 0 radical (unpaired) electrons. The Balaban J connectivity index is 1.77. The van der Waals surface area contributed by atoms with Crippen LogP contribution in [0.15, 0.2) is 59.4 Å². The number of amides is 1. The van der Waals surface area contributed by atoms with Gasteiger partial charge in [-0.05, 0) is 37.1 Å². The van der Waals surface area contributed by atoms with Crippen LogP contribution < -0.4 is 11.0 Å². The Labute approximate surface area is 155 Å². The minimum atomic E-state index is -0.364. The third kappa shape index (κ3) is 3.41. The summed E-state index contributed by atoms with van der Waals surface area (Å²) in [6.07, 6.45) is 1.99. The lowest BCUT2D eigenvalue weighted by Gasteiger charge is -2.06. The van der Waals surface area contributed by atoms with Crippen molar-refractivity contribution in [1.29, 1.82) is 0 Å². The normalized spacial score (nSPS) is 13.6. The van der Waals surface area contributed by atoms with Crippen LogP contribution in [0, 0.1) is 0 Å². The minimum absolute atomic E-state index is 0.0624. The molecule has 1 saturated carbocycles. The smallest absolute Gasteiger partial charge is 0.351 e. The first-order valence-electron chi connectivity index (χ1n) is 8.42. The Hall–Kier alpha value is -2.86. The van der Waals surface area contributed by atoms with Gasteiger partial charge in [-0.3, -0.25) is 9.36 Å². The first kappa shape index (κ1) is 16.6. The molecule has 1 aliphatic carbocycles. The van der Waals surface area contributed by atoms with Gasteiger partial charge in [0.1, 0.15) is 6.54 Å². The van der Waals surface area contributed by atoms with Crippen LogP contribution in [0.2, 0.25) is 5.02 Å². The standard InChI is InChI=1S/C19H17ClN4O2/c20-14-6-10-16(11-7-14)24-19(26)23(12-17(25)21-15-8-9-15)18(22-24)13-4-2-1-3-5-13/h1-7,10-11,15H,8-9,12H2,(H,21,25). The summed E-state index contributed by atoms with van der Waals surface area (Å²) in [5.74, 6) is 0.277. The molecule has 7 heteroatoms. The lowest BCUT2D eigenvalue weighted by molar-refractivity contribution is -0.121. The van der Waals surface area contributed by atoms with E-state index in [1.54, 1.807) is 24.3 Å². The first-order valence-corrected chi connectivity index (χ1v) is 8.80. The predicted octanol–water partition coefficient (Wildman–Crippen LogP) is 2.63. The molecule has 1 aromatic heterocycles. The number of nitrogens with one attached hydrogen (secondary N) is 1. The molecule has 1 aliphatic rings. The monoisotopic (exact) mass is 368 g/mol. The molecular formula is C19H17ClN4O2. The maximum absolute atomic E-state index is 12.9. The number of rotatable bonds is 5. The van der Waals surface area contributed by atoms with E-state index in [-0.39, 0.29) is 24.2 Å². The Kier molecular flexibility index (Phi) is 4.34. The molecule has 1 fully saturated rings. The summed E-state index contributed by atoms with van der Waals surface area (Å²) in [5.41, 5.74) is 1.01. The lowest BCUT2D eigenvalue weighted by atomic mass is 10.2. The highest BCUT2D eigenvalue weighted by Crippen LogP contribution is 2.20. The van der Waals surface area contributed by atoms with Crippen molar-refractivity contribution in [2.75, 3.05) is 0 Å². The molecule has 26 heavy (non-hydrogen) atoms. The largest absolute Gasteiger partial charge is 0.352 e. The fourth-order valence-corrected chi connectivity index (χ4v) is 2.86. The van der Waals surface area contributed by atoms with Crippen molar-refractivity contribution in [1.82, 2.24) is 19.7 Å². The van der Waals surface area contributed by atoms with Crippen molar-refractivity contribution in [2.45, 2.75) is 25.4 Å². The molecule has 2 aromatic carbocycles. The van der Waals surface area contributed by atoms with E-state index in [9.17, 15) is 9.59 Å². The van der Waals surface area contributed by atoms with E-state index in [4.69, 9.17) is 11.6 Å². The van der Waals surface area contributed by atoms with Crippen LogP contribution in [0.1, 0.15) is 12.8 Å². The Morgan fingerprint density at radius 2 is 1.81 bits per heavy atom. The third-order valence-corrected chi connectivity index (χ3v) is 4.46. The quantitative estimate of drug-likeness (QED) is 0.752. The highest BCUT2D eigenvalue weighted by Gasteiger charge is 2.25. The fraction of sp³-hybridized carbons (Fsp3) is 0.211. The molecule has 0 saturated heterocycles. The molecule has 0 unspecified atom stereocenters. The number of hydrogen-bond donors (Lipinski definition) is 1. The van der Waals surface area contributed by atoms with Gasteiger partial charge in [-0.1, -0.05) is 41.9 Å². The van der Waals surface area contributed by atoms with Gasteiger partial charge in [-0.2, -0.15) is 4.68 Å². The number of benzene rings is 2. The van der Waals surface area contributed by atoms with E-state index in [0.717, 1.165) is 18.4 Å². The molecule has 3 aromatic rings. The van der Waals surface area contributed by atoms with Crippen molar-refractivity contribution in [3.8, 4) is 17.1 Å². The average Bonchev–Trinajstić information content (AvgIpc) is 3.40. The number of hydrogen-bond acceptors (Lipinski definition) is 3. The van der Waals surface area contributed by atoms with E-state index in [2.05, 4.69) is 10.4 Å². The fourth-order valence-electron chi connectivity index (χ4n) is 2.73. The van der Waals surface area contributed by atoms with Crippen molar-refractivity contribution in [3.05, 3.63) is 70.1 Å². The van der Waals surface area contributed by atoms with Crippen LogP contribution in [0.5, 0.6) is 0 Å². The molecule has 1 N–H and O–H groups in total. The van der Waals surface area contributed by atoms with Crippen LogP contribution in [0.4, 0.5) is 0 Å². The molecule has 0 bridgehead atoms. The van der Waals surface area contributed by atoms with E-state index < -0.39 is 0 Å². The van der Waals surface area contributed by atoms with Crippen molar-refractivity contribution >= 4 is 17.5 Å². The second kappa shape index (κ2) is 6.80. The summed E-state index contributed by atoms with van der Waals surface area (Å²) >= 11 is 5.93. The molecule has 132 valence electrons. The van der Waals surface area contributed by atoms with Gasteiger partial charge in [0, 0.05) is 16.6 Å². The van der Waals surface area contributed by atoms with Gasteiger partial charge in [-0.25, -0.2) is 4.79 Å². The molecule has 0 aliphatic heterocycles. The summed E-state index contributed by atoms with van der Waals surface area (Å²) in [6.45, 7) is -0.0624. The summed E-state index contributed by atoms with van der Waals surface area (Å²) in [5, 5.41) is 7.96. The number of carbonyl (C=O) groups is 1. The predicted molar refractivity (Wildman–Crippen MR) is 99.4 cm³/mol. The maximum atomic E-state index is 12.9. The van der Waals surface area contributed by atoms with Crippen molar-refractivity contribution in [2.24, 2.45) is 0 Å². The van der Waals surface area contributed by atoms with E-state index in [1.165, 1.54) is 9.25 Å². The van der Waals surface area contributed by atoms with E-state index >= 15 is 0 Å². The molecule has 0 atom stereocenters. The maximum Gasteiger partial charge on any atom is 0.351 e. The van der Waals surface area contributed by atoms with Crippen LogP contribution >= 0.6 is 11.6 Å². The zero-order chi connectivity index (χ0) is 18.1. The highest BCUT2D eigenvalue weighted by atomic mass is 35.5. The molecule has 0 spiro atoms. The molecule has 6 nitrogen and oxygen atoms in total. The average molecular weight is 369 g/mol. The second-order valence-corrected chi connectivity index (χ2v) is 6.72. The Bertz CT molecular complexity index is 989. The van der Waals surface area contributed by atoms with Gasteiger partial charge in [0.05, 0.1) is 5.69 Å². The third-order valence-electron chi connectivity index (χ3n) is 4.21. The van der Waals surface area contributed by atoms with E-state index in [0.29, 0.717) is 16.5 Å². The van der Waals surface area contributed by atoms with Gasteiger partial charge in [0.2, 0.25) is 5.91 Å². The molecule has 4 rings (SSSR count). The molecule has 1 amide bonds. The summed E-state index contributed by atoms with van der Waals surface area (Å²) in [4.78, 5) is 25.2. The summed E-state index contributed by atoms with van der Waals surface area (Å²) in [7, 11) is 0. The number of aromatic nitrogens is 3. The van der Waals surface area contributed by atoms with Gasteiger partial charge < -0.3 is 5.32 Å². The van der Waals surface area contributed by atoms with Gasteiger partial charge in [-0.15, -0.1) is 5.10 Å². The number of carbonyl (C=O) groups excluding carboxylic acids is 1. The highest BCUT2D eigenvalue weighted by molar-refractivity contribution is 6.30. The minimum Gasteiger partial charge on any atom is -0.352 e. The van der Waals surface area contributed by atoms with Gasteiger partial charge in [0.25, 0.3) is 0 Å². The first-order chi connectivity index (χ1) is 12.6. The summed E-state index contributed by atoms with van der Waals surface area (Å²) < 4.78 is 2.70. The topological polar surface area (TPSA) is 68.9 Å². The van der Waals surface area contributed by atoms with Gasteiger partial charge >= 0.3 is 5.69 Å². The number of nitrogens with zero attached hydrogens (tertiary/aromatic N) is 3. The molecule has 1 heterocycles. The second-order valence-electron chi connectivity index (χ2n) is 6.29. The zero-order valence-corrected chi connectivity index (χ0v) is 14.7. The van der Waals surface area contributed by atoms with Crippen LogP contribution in [0.25, 0.3) is 17.1 Å². The Morgan fingerprint density at radius 3 is 2.46 bits per heavy atom. The number of halogens is 1. The van der Waals surface area contributed by atoms with Crippen molar-refractivity contribution < 1.29 is 4.79 Å². The van der Waals surface area contributed by atoms with Crippen LogP contribution in [-0.2, 0) is 11.3 Å². The van der Waals surface area contributed by atoms with Crippen molar-refractivity contribution in [3.63, 3.8) is 0 Å². The van der Waals surface area contributed by atoms with E-state index in [1.807, 2.05) is 30.3 Å². The zero-order valence-electron chi connectivity index (χ0n) is 13.9. The Morgan fingerprint density at radius 1 is 1.12 bits per heavy atom. The SMILES string of the molecule is O=C(Cn1c(-c2ccccc2)nn(-c2ccc(Cl)cc2)c1=O)NC1CC1.